The molecule has 1 atom stereocenters. The van der Waals surface area contributed by atoms with Crippen LogP contribution in [0.4, 0.5) is 4.39 Å². The molecule has 1 aliphatic rings. The molecule has 15 heavy (non-hydrogen) atoms. The molecule has 3 heteroatoms. The normalized spacial score (nSPS) is 20.5. The molecule has 1 N–H and O–H groups in total. The average molecular weight is 209 g/mol. The maximum absolute atomic E-state index is 12.1. The van der Waals surface area contributed by atoms with Crippen LogP contribution < -0.4 is 10.1 Å². The quantitative estimate of drug-likeness (QED) is 0.820. The standard InChI is InChI=1S/C12H16FNO/c13-6-8-15-12-4-2-1-3-11(12)10-5-7-14-9-10/h1-4,10,14H,5-9H2. The molecule has 0 spiro atoms. The predicted molar refractivity (Wildman–Crippen MR) is 58.1 cm³/mol. The molecule has 2 rings (SSSR count). The Hall–Kier alpha value is -1.09. The number of ether oxygens (including phenoxy) is 1. The third-order valence-corrected chi connectivity index (χ3v) is 2.75. The molecular weight excluding hydrogens is 193 g/mol. The molecule has 1 fully saturated rings. The molecule has 0 aromatic heterocycles. The fourth-order valence-corrected chi connectivity index (χ4v) is 2.02. The number of alkyl halides is 1. The van der Waals surface area contributed by atoms with Gasteiger partial charge in [-0.05, 0) is 24.6 Å². The van der Waals surface area contributed by atoms with Crippen molar-refractivity contribution in [3.63, 3.8) is 0 Å². The monoisotopic (exact) mass is 209 g/mol. The van der Waals surface area contributed by atoms with Gasteiger partial charge in [-0.3, -0.25) is 0 Å². The van der Waals surface area contributed by atoms with Gasteiger partial charge < -0.3 is 10.1 Å². The Balaban J connectivity index is 2.13. The first kappa shape index (κ1) is 10.4. The lowest BCUT2D eigenvalue weighted by Gasteiger charge is -2.14. The van der Waals surface area contributed by atoms with Gasteiger partial charge >= 0.3 is 0 Å². The predicted octanol–water partition coefficient (Wildman–Crippen LogP) is 2.11. The van der Waals surface area contributed by atoms with Gasteiger partial charge in [-0.15, -0.1) is 0 Å². The van der Waals surface area contributed by atoms with E-state index < -0.39 is 6.67 Å². The van der Waals surface area contributed by atoms with Gasteiger partial charge in [0, 0.05) is 12.5 Å². The Bertz CT molecular complexity index is 310. The van der Waals surface area contributed by atoms with Crippen molar-refractivity contribution in [2.45, 2.75) is 12.3 Å². The van der Waals surface area contributed by atoms with Crippen LogP contribution in [0.25, 0.3) is 0 Å². The van der Waals surface area contributed by atoms with Crippen molar-refractivity contribution in [1.29, 1.82) is 0 Å². The molecule has 0 saturated carbocycles. The van der Waals surface area contributed by atoms with Crippen LogP contribution in [0.2, 0.25) is 0 Å². The van der Waals surface area contributed by atoms with E-state index in [-0.39, 0.29) is 6.61 Å². The molecule has 0 radical (unpaired) electrons. The third-order valence-electron chi connectivity index (χ3n) is 2.75. The van der Waals surface area contributed by atoms with Gasteiger partial charge in [-0.1, -0.05) is 18.2 Å². The highest BCUT2D eigenvalue weighted by Gasteiger charge is 2.19. The van der Waals surface area contributed by atoms with E-state index in [1.54, 1.807) is 0 Å². The number of hydrogen-bond acceptors (Lipinski definition) is 2. The Morgan fingerprint density at radius 3 is 3.00 bits per heavy atom. The molecule has 0 bridgehead atoms. The first-order valence-corrected chi connectivity index (χ1v) is 5.40. The van der Waals surface area contributed by atoms with Crippen molar-refractivity contribution in [3.8, 4) is 5.75 Å². The fraction of sp³-hybridized carbons (Fsp3) is 0.500. The first-order valence-electron chi connectivity index (χ1n) is 5.40. The highest BCUT2D eigenvalue weighted by Crippen LogP contribution is 2.30. The molecule has 0 amide bonds. The van der Waals surface area contributed by atoms with E-state index in [4.69, 9.17) is 4.74 Å². The summed E-state index contributed by atoms with van der Waals surface area (Å²) in [6, 6.07) is 7.93. The minimum atomic E-state index is -0.433. The Morgan fingerprint density at radius 2 is 2.27 bits per heavy atom. The van der Waals surface area contributed by atoms with Crippen molar-refractivity contribution in [1.82, 2.24) is 5.32 Å². The SMILES string of the molecule is FCCOc1ccccc1C1CCNC1. The number of benzene rings is 1. The van der Waals surface area contributed by atoms with E-state index in [2.05, 4.69) is 11.4 Å². The topological polar surface area (TPSA) is 21.3 Å². The summed E-state index contributed by atoms with van der Waals surface area (Å²) >= 11 is 0. The van der Waals surface area contributed by atoms with Crippen LogP contribution in [0.15, 0.2) is 24.3 Å². The highest BCUT2D eigenvalue weighted by molar-refractivity contribution is 5.37. The number of hydrogen-bond donors (Lipinski definition) is 1. The number of rotatable bonds is 4. The van der Waals surface area contributed by atoms with Crippen LogP contribution >= 0.6 is 0 Å². The third kappa shape index (κ3) is 2.48. The van der Waals surface area contributed by atoms with Crippen LogP contribution in [-0.2, 0) is 0 Å². The second-order valence-corrected chi connectivity index (χ2v) is 3.76. The number of para-hydroxylation sites is 1. The zero-order valence-corrected chi connectivity index (χ0v) is 8.71. The molecule has 2 nitrogen and oxygen atoms in total. The number of nitrogens with one attached hydrogen (secondary N) is 1. The average Bonchev–Trinajstić information content (AvgIpc) is 2.80. The van der Waals surface area contributed by atoms with Crippen molar-refractivity contribution < 1.29 is 9.13 Å². The first-order chi connectivity index (χ1) is 7.42. The van der Waals surface area contributed by atoms with E-state index in [9.17, 15) is 4.39 Å². The van der Waals surface area contributed by atoms with Crippen molar-refractivity contribution in [2.24, 2.45) is 0 Å². The van der Waals surface area contributed by atoms with Crippen LogP contribution in [0, 0.1) is 0 Å². The molecular formula is C12H16FNO. The molecule has 1 heterocycles. The lowest BCUT2D eigenvalue weighted by molar-refractivity contribution is 0.270. The van der Waals surface area contributed by atoms with Gasteiger partial charge in [0.2, 0.25) is 0 Å². The molecule has 82 valence electrons. The summed E-state index contributed by atoms with van der Waals surface area (Å²) in [5, 5.41) is 3.32. The van der Waals surface area contributed by atoms with Crippen molar-refractivity contribution >= 4 is 0 Å². The molecule has 1 aliphatic heterocycles. The zero-order chi connectivity index (χ0) is 10.5. The maximum atomic E-state index is 12.1. The Morgan fingerprint density at radius 1 is 1.40 bits per heavy atom. The minimum absolute atomic E-state index is 0.150. The maximum Gasteiger partial charge on any atom is 0.123 e. The Labute approximate surface area is 89.4 Å². The van der Waals surface area contributed by atoms with Crippen LogP contribution in [-0.4, -0.2) is 26.4 Å². The number of halogens is 1. The van der Waals surface area contributed by atoms with Crippen LogP contribution in [0.5, 0.6) is 5.75 Å². The molecule has 1 unspecified atom stereocenters. The second kappa shape index (κ2) is 5.12. The van der Waals surface area contributed by atoms with Gasteiger partial charge in [0.1, 0.15) is 19.0 Å². The fourth-order valence-electron chi connectivity index (χ4n) is 2.02. The summed E-state index contributed by atoms with van der Waals surface area (Å²) in [4.78, 5) is 0. The van der Waals surface area contributed by atoms with Gasteiger partial charge in [-0.25, -0.2) is 4.39 Å². The van der Waals surface area contributed by atoms with E-state index in [1.165, 1.54) is 5.56 Å². The van der Waals surface area contributed by atoms with Crippen molar-refractivity contribution in [3.05, 3.63) is 29.8 Å². The van der Waals surface area contributed by atoms with Gasteiger partial charge in [-0.2, -0.15) is 0 Å². The van der Waals surface area contributed by atoms with Crippen LogP contribution in [0.3, 0.4) is 0 Å². The van der Waals surface area contributed by atoms with Gasteiger partial charge in [0.25, 0.3) is 0 Å². The molecule has 1 aromatic rings. The summed E-state index contributed by atoms with van der Waals surface area (Å²) in [7, 11) is 0. The van der Waals surface area contributed by atoms with Crippen molar-refractivity contribution in [2.75, 3.05) is 26.4 Å². The molecule has 1 saturated heterocycles. The summed E-state index contributed by atoms with van der Waals surface area (Å²) in [6.45, 7) is 1.77. The lowest BCUT2D eigenvalue weighted by atomic mass is 9.97. The summed E-state index contributed by atoms with van der Waals surface area (Å²) in [5.41, 5.74) is 1.20. The Kier molecular flexibility index (Phi) is 3.56. The molecule has 1 aromatic carbocycles. The second-order valence-electron chi connectivity index (χ2n) is 3.76. The summed E-state index contributed by atoms with van der Waals surface area (Å²) in [5.74, 6) is 1.35. The van der Waals surface area contributed by atoms with E-state index >= 15 is 0 Å². The smallest absolute Gasteiger partial charge is 0.123 e. The largest absolute Gasteiger partial charge is 0.491 e. The van der Waals surface area contributed by atoms with Crippen LogP contribution in [0.1, 0.15) is 17.9 Å². The van der Waals surface area contributed by atoms with E-state index in [0.717, 1.165) is 25.3 Å². The van der Waals surface area contributed by atoms with Gasteiger partial charge in [0.05, 0.1) is 0 Å². The van der Waals surface area contributed by atoms with E-state index in [1.807, 2.05) is 18.2 Å². The zero-order valence-electron chi connectivity index (χ0n) is 8.71. The summed E-state index contributed by atoms with van der Waals surface area (Å²) < 4.78 is 17.4. The van der Waals surface area contributed by atoms with E-state index in [0.29, 0.717) is 5.92 Å². The lowest BCUT2D eigenvalue weighted by Crippen LogP contribution is -2.09. The minimum Gasteiger partial charge on any atom is -0.491 e. The summed E-state index contributed by atoms with van der Waals surface area (Å²) in [6.07, 6.45) is 1.13. The van der Waals surface area contributed by atoms with Gasteiger partial charge in [0.15, 0.2) is 0 Å². The highest BCUT2D eigenvalue weighted by atomic mass is 19.1. The molecule has 0 aliphatic carbocycles.